The van der Waals surface area contributed by atoms with Crippen molar-refractivity contribution < 1.29 is 19.0 Å². The van der Waals surface area contributed by atoms with E-state index in [0.717, 1.165) is 42.4 Å². The number of hydrogen-bond acceptors (Lipinski definition) is 7. The fraction of sp³-hybridized carbons (Fsp3) is 0.292. The maximum Gasteiger partial charge on any atom is 0.282 e. The third kappa shape index (κ3) is 3.10. The molecule has 32 heavy (non-hydrogen) atoms. The zero-order valence-electron chi connectivity index (χ0n) is 18.1. The topological polar surface area (TPSA) is 99.1 Å². The summed E-state index contributed by atoms with van der Waals surface area (Å²) in [5.41, 5.74) is 2.51. The summed E-state index contributed by atoms with van der Waals surface area (Å²) in [4.78, 5) is 17.7. The smallest absolute Gasteiger partial charge is 0.282 e. The van der Waals surface area contributed by atoms with Crippen molar-refractivity contribution in [3.63, 3.8) is 0 Å². The maximum absolute atomic E-state index is 13.2. The first-order valence-electron chi connectivity index (χ1n) is 10.5. The molecule has 0 fully saturated rings. The Hall–Kier alpha value is -3.81. The van der Waals surface area contributed by atoms with Crippen LogP contribution >= 0.6 is 0 Å². The standard InChI is InChI=1S/C24H23N3O5/c1-13-26-17-11-22(31-3)21(30-2)10-15(17)24(29)27(13)25-12-16-18(28)8-9-20-23(16)14-6-4-5-7-19(14)32-20/h8-12,28H,4-7H2,1-3H3/b25-12+. The average molecular weight is 433 g/mol. The minimum atomic E-state index is -0.342. The van der Waals surface area contributed by atoms with Gasteiger partial charge in [0.2, 0.25) is 0 Å². The van der Waals surface area contributed by atoms with Crippen molar-refractivity contribution in [3.8, 4) is 17.2 Å². The van der Waals surface area contributed by atoms with Gasteiger partial charge in [-0.25, -0.2) is 4.98 Å². The van der Waals surface area contributed by atoms with Crippen LogP contribution in [0.4, 0.5) is 0 Å². The predicted molar refractivity (Wildman–Crippen MR) is 121 cm³/mol. The van der Waals surface area contributed by atoms with Gasteiger partial charge >= 0.3 is 0 Å². The first-order valence-corrected chi connectivity index (χ1v) is 10.5. The van der Waals surface area contributed by atoms with Gasteiger partial charge in [-0.1, -0.05) is 0 Å². The maximum atomic E-state index is 13.2. The molecule has 8 heteroatoms. The molecular weight excluding hydrogens is 410 g/mol. The van der Waals surface area contributed by atoms with Crippen molar-refractivity contribution in [2.45, 2.75) is 32.6 Å². The van der Waals surface area contributed by atoms with Gasteiger partial charge in [0.1, 0.15) is 22.9 Å². The third-order valence-corrected chi connectivity index (χ3v) is 5.95. The molecule has 1 aliphatic rings. The van der Waals surface area contributed by atoms with Crippen LogP contribution in [-0.2, 0) is 12.8 Å². The summed E-state index contributed by atoms with van der Waals surface area (Å²) < 4.78 is 17.9. The van der Waals surface area contributed by atoms with Crippen LogP contribution in [0.15, 0.2) is 38.6 Å². The highest BCUT2D eigenvalue weighted by Crippen LogP contribution is 2.36. The average Bonchev–Trinajstić information content (AvgIpc) is 3.18. The van der Waals surface area contributed by atoms with Gasteiger partial charge in [0.05, 0.1) is 31.3 Å². The van der Waals surface area contributed by atoms with Crippen molar-refractivity contribution in [2.75, 3.05) is 14.2 Å². The first-order chi connectivity index (χ1) is 15.5. The minimum absolute atomic E-state index is 0.0845. The van der Waals surface area contributed by atoms with Crippen LogP contribution in [0.2, 0.25) is 0 Å². The number of hydrogen-bond donors (Lipinski definition) is 1. The Morgan fingerprint density at radius 1 is 1.16 bits per heavy atom. The van der Waals surface area contributed by atoms with E-state index in [0.29, 0.717) is 39.4 Å². The number of benzene rings is 2. The highest BCUT2D eigenvalue weighted by Gasteiger charge is 2.21. The molecule has 0 spiro atoms. The Labute approximate surface area is 183 Å². The Kier molecular flexibility index (Phi) is 4.84. The van der Waals surface area contributed by atoms with Crippen LogP contribution in [0.25, 0.3) is 21.9 Å². The molecule has 2 aromatic heterocycles. The highest BCUT2D eigenvalue weighted by atomic mass is 16.5. The van der Waals surface area contributed by atoms with Gasteiger partial charge in [0.15, 0.2) is 11.5 Å². The number of aromatic nitrogens is 2. The van der Waals surface area contributed by atoms with Crippen molar-refractivity contribution in [3.05, 3.63) is 57.3 Å². The van der Waals surface area contributed by atoms with Gasteiger partial charge in [-0.15, -0.1) is 0 Å². The van der Waals surface area contributed by atoms with E-state index in [4.69, 9.17) is 13.9 Å². The van der Waals surface area contributed by atoms with Gasteiger partial charge in [-0.05, 0) is 44.4 Å². The van der Waals surface area contributed by atoms with Crippen molar-refractivity contribution in [1.29, 1.82) is 0 Å². The summed E-state index contributed by atoms with van der Waals surface area (Å²) in [7, 11) is 3.04. The van der Waals surface area contributed by atoms with Gasteiger partial charge in [-0.2, -0.15) is 9.78 Å². The third-order valence-electron chi connectivity index (χ3n) is 5.95. The molecule has 2 aromatic carbocycles. The number of phenols is 1. The number of phenolic OH excluding ortho intramolecular Hbond substituents is 1. The van der Waals surface area contributed by atoms with E-state index in [2.05, 4.69) is 10.1 Å². The van der Waals surface area contributed by atoms with E-state index in [-0.39, 0.29) is 11.3 Å². The van der Waals surface area contributed by atoms with E-state index < -0.39 is 0 Å². The molecule has 0 unspecified atom stereocenters. The van der Waals surface area contributed by atoms with Crippen LogP contribution < -0.4 is 15.0 Å². The van der Waals surface area contributed by atoms with E-state index in [1.54, 1.807) is 31.2 Å². The Bertz CT molecular complexity index is 1450. The molecule has 0 saturated heterocycles. The number of nitrogens with zero attached hydrogens (tertiary/aromatic N) is 3. The molecule has 0 aliphatic heterocycles. The summed E-state index contributed by atoms with van der Waals surface area (Å²) >= 11 is 0. The first kappa shape index (κ1) is 20.1. The van der Waals surface area contributed by atoms with Crippen molar-refractivity contribution in [1.82, 2.24) is 9.66 Å². The van der Waals surface area contributed by atoms with Gasteiger partial charge in [0.25, 0.3) is 5.56 Å². The second-order valence-electron chi connectivity index (χ2n) is 7.83. The Balaban J connectivity index is 1.67. The Morgan fingerprint density at radius 2 is 1.91 bits per heavy atom. The van der Waals surface area contributed by atoms with Crippen LogP contribution in [0.1, 0.15) is 35.6 Å². The van der Waals surface area contributed by atoms with Gasteiger partial charge in [0, 0.05) is 29.0 Å². The van der Waals surface area contributed by atoms with Gasteiger partial charge in [-0.3, -0.25) is 4.79 Å². The summed E-state index contributed by atoms with van der Waals surface area (Å²) in [6.07, 6.45) is 5.45. The zero-order valence-corrected chi connectivity index (χ0v) is 18.1. The number of aryl methyl sites for hydroxylation is 3. The summed E-state index contributed by atoms with van der Waals surface area (Å²) in [5.74, 6) is 2.39. The lowest BCUT2D eigenvalue weighted by molar-refractivity contribution is 0.355. The van der Waals surface area contributed by atoms with Crippen molar-refractivity contribution in [2.24, 2.45) is 5.10 Å². The molecule has 1 aliphatic carbocycles. The van der Waals surface area contributed by atoms with E-state index >= 15 is 0 Å². The molecule has 0 amide bonds. The number of fused-ring (bicyclic) bond motifs is 4. The molecule has 4 aromatic rings. The molecule has 0 radical (unpaired) electrons. The largest absolute Gasteiger partial charge is 0.507 e. The normalized spacial score (nSPS) is 13.7. The van der Waals surface area contributed by atoms with Crippen LogP contribution in [-0.4, -0.2) is 35.2 Å². The minimum Gasteiger partial charge on any atom is -0.507 e. The lowest BCUT2D eigenvalue weighted by Crippen LogP contribution is -2.20. The number of rotatable bonds is 4. The molecular formula is C24H23N3O5. The van der Waals surface area contributed by atoms with Crippen molar-refractivity contribution >= 4 is 28.1 Å². The lowest BCUT2D eigenvalue weighted by atomic mass is 9.94. The monoisotopic (exact) mass is 433 g/mol. The Morgan fingerprint density at radius 3 is 2.69 bits per heavy atom. The van der Waals surface area contributed by atoms with Crippen LogP contribution in [0.5, 0.6) is 17.2 Å². The quantitative estimate of drug-likeness (QED) is 0.490. The summed E-state index contributed by atoms with van der Waals surface area (Å²) in [5, 5.41) is 16.2. The fourth-order valence-corrected chi connectivity index (χ4v) is 4.37. The SMILES string of the molecule is COc1cc2nc(C)n(/N=C/c3c(O)ccc4oc5c(c34)CCCC5)c(=O)c2cc1OC. The molecule has 2 heterocycles. The van der Waals surface area contributed by atoms with Gasteiger partial charge < -0.3 is 19.0 Å². The number of aromatic hydroxyl groups is 1. The number of ether oxygens (including phenoxy) is 2. The number of furan rings is 1. The fourth-order valence-electron chi connectivity index (χ4n) is 4.37. The summed E-state index contributed by atoms with van der Waals surface area (Å²) in [6.45, 7) is 1.70. The second-order valence-corrected chi connectivity index (χ2v) is 7.83. The summed E-state index contributed by atoms with van der Waals surface area (Å²) in [6, 6.07) is 6.62. The lowest BCUT2D eigenvalue weighted by Gasteiger charge is -2.11. The molecule has 0 atom stereocenters. The number of methoxy groups -OCH3 is 2. The zero-order chi connectivity index (χ0) is 22.4. The molecule has 0 bridgehead atoms. The molecule has 1 N–H and O–H groups in total. The van der Waals surface area contributed by atoms with E-state index in [1.807, 2.05) is 0 Å². The molecule has 5 rings (SSSR count). The second kappa shape index (κ2) is 7.71. The van der Waals surface area contributed by atoms with Crippen LogP contribution in [0, 0.1) is 6.92 Å². The van der Waals surface area contributed by atoms with Crippen LogP contribution in [0.3, 0.4) is 0 Å². The van der Waals surface area contributed by atoms with E-state index in [9.17, 15) is 9.90 Å². The van der Waals surface area contributed by atoms with E-state index in [1.165, 1.54) is 25.1 Å². The predicted octanol–water partition coefficient (Wildman–Crippen LogP) is 3.93. The molecule has 0 saturated carbocycles. The molecule has 8 nitrogen and oxygen atoms in total. The highest BCUT2D eigenvalue weighted by molar-refractivity contribution is 6.03. The molecule has 164 valence electrons.